The monoisotopic (exact) mass is 411 g/mol. The first-order valence-corrected chi connectivity index (χ1v) is 9.45. The molecule has 0 radical (unpaired) electrons. The minimum Gasteiger partial charge on any atom is -0.236 e. The molecule has 0 atom stereocenters. The van der Waals surface area contributed by atoms with E-state index in [9.17, 15) is 0 Å². The molecule has 0 bridgehead atoms. The van der Waals surface area contributed by atoms with Gasteiger partial charge in [-0.05, 0) is 41.1 Å². The van der Waals surface area contributed by atoms with Crippen LogP contribution in [0, 0.1) is 0 Å². The van der Waals surface area contributed by atoms with Gasteiger partial charge in [0.2, 0.25) is 0 Å². The fourth-order valence-corrected chi connectivity index (χ4v) is 3.51. The quantitative estimate of drug-likeness (QED) is 0.343. The van der Waals surface area contributed by atoms with Gasteiger partial charge in [-0.1, -0.05) is 64.5 Å². The van der Waals surface area contributed by atoms with Crippen LogP contribution in [0.25, 0.3) is 44.5 Å². The number of aromatic nitrogens is 3. The van der Waals surface area contributed by atoms with Crippen LogP contribution in [0.4, 0.5) is 0 Å². The van der Waals surface area contributed by atoms with Crippen molar-refractivity contribution >= 4 is 37.7 Å². The summed E-state index contributed by atoms with van der Waals surface area (Å²) in [6.07, 6.45) is 1.77. The lowest BCUT2D eigenvalue weighted by Crippen LogP contribution is -1.96. The summed E-state index contributed by atoms with van der Waals surface area (Å²) in [7, 11) is 0. The minimum absolute atomic E-state index is 0.678. The van der Waals surface area contributed by atoms with E-state index in [1.54, 1.807) is 6.20 Å². The number of pyridine rings is 1. The Labute approximate surface area is 164 Å². The summed E-state index contributed by atoms with van der Waals surface area (Å²) < 4.78 is 1.03. The maximum absolute atomic E-state index is 4.91. The van der Waals surface area contributed by atoms with Gasteiger partial charge in [-0.2, -0.15) is 0 Å². The molecule has 5 aromatic rings. The molecule has 0 fully saturated rings. The molecule has 0 aliphatic rings. The van der Waals surface area contributed by atoms with E-state index in [0.717, 1.165) is 26.7 Å². The number of halogens is 1. The average Bonchev–Trinajstić information content (AvgIpc) is 2.73. The molecule has 5 rings (SSSR count). The first-order valence-electron chi connectivity index (χ1n) is 8.66. The minimum atomic E-state index is 0.678. The van der Waals surface area contributed by atoms with Crippen molar-refractivity contribution in [2.75, 3.05) is 0 Å². The van der Waals surface area contributed by atoms with Crippen molar-refractivity contribution < 1.29 is 0 Å². The lowest BCUT2D eigenvalue weighted by Gasteiger charge is -2.09. The van der Waals surface area contributed by atoms with Gasteiger partial charge in [0, 0.05) is 27.2 Å². The fourth-order valence-electron chi connectivity index (χ4n) is 3.25. The van der Waals surface area contributed by atoms with E-state index >= 15 is 0 Å². The average molecular weight is 412 g/mol. The van der Waals surface area contributed by atoms with Gasteiger partial charge in [0.05, 0.1) is 5.69 Å². The second kappa shape index (κ2) is 6.56. The lowest BCUT2D eigenvalue weighted by molar-refractivity contribution is 1.19. The van der Waals surface area contributed by atoms with Crippen molar-refractivity contribution in [3.05, 3.63) is 89.5 Å². The molecule has 0 unspecified atom stereocenters. The van der Waals surface area contributed by atoms with Crippen LogP contribution in [-0.4, -0.2) is 15.0 Å². The molecular formula is C23H14BrN3. The molecule has 4 heteroatoms. The zero-order chi connectivity index (χ0) is 18.2. The molecule has 0 N–H and O–H groups in total. The Kier molecular flexibility index (Phi) is 3.91. The second-order valence-electron chi connectivity index (χ2n) is 6.34. The molecular weight excluding hydrogens is 398 g/mol. The van der Waals surface area contributed by atoms with Gasteiger partial charge in [-0.15, -0.1) is 0 Å². The highest BCUT2D eigenvalue weighted by molar-refractivity contribution is 9.10. The second-order valence-corrected chi connectivity index (χ2v) is 7.25. The van der Waals surface area contributed by atoms with Crippen molar-refractivity contribution in [3.8, 4) is 22.6 Å². The summed E-state index contributed by atoms with van der Waals surface area (Å²) in [5.74, 6) is 0.678. The van der Waals surface area contributed by atoms with Crippen molar-refractivity contribution in [2.24, 2.45) is 0 Å². The third-order valence-electron chi connectivity index (χ3n) is 4.60. The van der Waals surface area contributed by atoms with Gasteiger partial charge in [0.15, 0.2) is 11.5 Å². The van der Waals surface area contributed by atoms with E-state index in [-0.39, 0.29) is 0 Å². The highest BCUT2D eigenvalue weighted by atomic mass is 79.9. The molecule has 2 heterocycles. The van der Waals surface area contributed by atoms with Crippen LogP contribution in [0.5, 0.6) is 0 Å². The third kappa shape index (κ3) is 2.98. The molecule has 0 aliphatic carbocycles. The number of fused-ring (bicyclic) bond motifs is 2. The molecule has 0 aliphatic heterocycles. The van der Waals surface area contributed by atoms with Gasteiger partial charge in [-0.3, -0.25) is 0 Å². The number of hydrogen-bond donors (Lipinski definition) is 0. The number of nitrogens with zero attached hydrogens (tertiary/aromatic N) is 3. The maximum Gasteiger partial charge on any atom is 0.163 e. The van der Waals surface area contributed by atoms with Gasteiger partial charge in [0.25, 0.3) is 0 Å². The lowest BCUT2D eigenvalue weighted by atomic mass is 10.0. The highest BCUT2D eigenvalue weighted by Gasteiger charge is 2.12. The third-order valence-corrected chi connectivity index (χ3v) is 5.13. The number of rotatable bonds is 2. The Hall–Kier alpha value is -3.11. The van der Waals surface area contributed by atoms with Gasteiger partial charge in [-0.25, -0.2) is 15.0 Å². The Balaban J connectivity index is 1.77. The predicted octanol–water partition coefficient (Wildman–Crippen LogP) is 6.27. The van der Waals surface area contributed by atoms with Crippen molar-refractivity contribution in [1.82, 2.24) is 15.0 Å². The summed E-state index contributed by atoms with van der Waals surface area (Å²) in [4.78, 5) is 14.1. The van der Waals surface area contributed by atoms with E-state index in [1.165, 1.54) is 10.8 Å². The van der Waals surface area contributed by atoms with Crippen LogP contribution in [0.3, 0.4) is 0 Å². The Bertz CT molecular complexity index is 1280. The van der Waals surface area contributed by atoms with Crippen molar-refractivity contribution in [3.63, 3.8) is 0 Å². The number of benzene rings is 3. The summed E-state index contributed by atoms with van der Waals surface area (Å²) in [5, 5.41) is 3.36. The van der Waals surface area contributed by atoms with E-state index in [2.05, 4.69) is 68.4 Å². The Morgan fingerprint density at radius 2 is 1.44 bits per heavy atom. The molecule has 0 amide bonds. The SMILES string of the molecule is Brc1ccc(-c2nc(-c3ccc4ccccc4c3)c3cccnc3n2)cc1. The van der Waals surface area contributed by atoms with Gasteiger partial charge < -0.3 is 0 Å². The molecule has 0 saturated carbocycles. The maximum atomic E-state index is 4.91. The molecule has 0 saturated heterocycles. The van der Waals surface area contributed by atoms with Crippen molar-refractivity contribution in [1.29, 1.82) is 0 Å². The smallest absolute Gasteiger partial charge is 0.163 e. The molecule has 3 aromatic carbocycles. The highest BCUT2D eigenvalue weighted by Crippen LogP contribution is 2.30. The van der Waals surface area contributed by atoms with Crippen LogP contribution < -0.4 is 0 Å². The molecule has 2 aromatic heterocycles. The largest absolute Gasteiger partial charge is 0.236 e. The molecule has 0 spiro atoms. The van der Waals surface area contributed by atoms with Crippen LogP contribution in [-0.2, 0) is 0 Å². The van der Waals surface area contributed by atoms with Gasteiger partial charge >= 0.3 is 0 Å². The van der Waals surface area contributed by atoms with E-state index in [0.29, 0.717) is 11.5 Å². The summed E-state index contributed by atoms with van der Waals surface area (Å²) >= 11 is 3.48. The summed E-state index contributed by atoms with van der Waals surface area (Å²) in [6, 6.07) is 26.7. The van der Waals surface area contributed by atoms with E-state index < -0.39 is 0 Å². The van der Waals surface area contributed by atoms with Crippen LogP contribution in [0.2, 0.25) is 0 Å². The Morgan fingerprint density at radius 1 is 0.667 bits per heavy atom. The summed E-state index contributed by atoms with van der Waals surface area (Å²) in [5.41, 5.74) is 3.63. The standard InChI is InChI=1S/C23H14BrN3/c24-19-11-9-16(10-12-19)22-26-21(20-6-3-13-25-23(20)27-22)18-8-7-15-4-1-2-5-17(15)14-18/h1-14H. The van der Waals surface area contributed by atoms with E-state index in [1.807, 2.05) is 36.4 Å². The predicted molar refractivity (Wildman–Crippen MR) is 113 cm³/mol. The Morgan fingerprint density at radius 3 is 2.30 bits per heavy atom. The zero-order valence-electron chi connectivity index (χ0n) is 14.3. The van der Waals surface area contributed by atoms with E-state index in [4.69, 9.17) is 4.98 Å². The zero-order valence-corrected chi connectivity index (χ0v) is 15.9. The number of hydrogen-bond acceptors (Lipinski definition) is 3. The van der Waals surface area contributed by atoms with Crippen LogP contribution in [0.1, 0.15) is 0 Å². The fraction of sp³-hybridized carbons (Fsp3) is 0. The normalized spacial score (nSPS) is 11.1. The van der Waals surface area contributed by atoms with Crippen molar-refractivity contribution in [2.45, 2.75) is 0 Å². The van der Waals surface area contributed by atoms with Crippen LogP contribution >= 0.6 is 15.9 Å². The van der Waals surface area contributed by atoms with Crippen LogP contribution in [0.15, 0.2) is 89.5 Å². The molecule has 128 valence electrons. The first kappa shape index (κ1) is 16.1. The summed E-state index contributed by atoms with van der Waals surface area (Å²) in [6.45, 7) is 0. The first-order chi connectivity index (χ1) is 13.3. The molecule has 3 nitrogen and oxygen atoms in total. The molecule has 27 heavy (non-hydrogen) atoms. The topological polar surface area (TPSA) is 38.7 Å². The van der Waals surface area contributed by atoms with Gasteiger partial charge in [0.1, 0.15) is 0 Å².